The number of carbonyl (C=O) groups excluding carboxylic acids is 1. The number of aryl methyl sites for hydroxylation is 1. The van der Waals surface area contributed by atoms with Gasteiger partial charge in [-0.15, -0.1) is 12.4 Å². The Bertz CT molecular complexity index is 1320. The zero-order valence-electron chi connectivity index (χ0n) is 19.5. The van der Waals surface area contributed by atoms with Gasteiger partial charge in [0.25, 0.3) is 5.56 Å². The van der Waals surface area contributed by atoms with Crippen LogP contribution in [0.4, 0.5) is 0 Å². The number of fused-ring (bicyclic) bond motifs is 1. The summed E-state index contributed by atoms with van der Waals surface area (Å²) in [6, 6.07) is 12.3. The number of aliphatic carboxylic acids is 1. The second kappa shape index (κ2) is 10.0. The minimum absolute atomic E-state index is 0. The lowest BCUT2D eigenvalue weighted by atomic mass is 9.83. The van der Waals surface area contributed by atoms with Crippen molar-refractivity contribution in [2.45, 2.75) is 25.7 Å². The van der Waals surface area contributed by atoms with Crippen molar-refractivity contribution in [2.75, 3.05) is 13.6 Å². The van der Waals surface area contributed by atoms with Gasteiger partial charge in [0.15, 0.2) is 0 Å². The summed E-state index contributed by atoms with van der Waals surface area (Å²) in [6.45, 7) is 3.07. The van der Waals surface area contributed by atoms with Crippen LogP contribution in [0.15, 0.2) is 47.3 Å². The third-order valence-corrected chi connectivity index (χ3v) is 5.76. The summed E-state index contributed by atoms with van der Waals surface area (Å²) in [5.41, 5.74) is 7.95. The van der Waals surface area contributed by atoms with Crippen molar-refractivity contribution in [3.05, 3.63) is 75.2 Å². The van der Waals surface area contributed by atoms with Crippen LogP contribution < -0.4 is 11.3 Å². The fraction of sp³-hybridized carbons (Fsp3) is 0.292. The summed E-state index contributed by atoms with van der Waals surface area (Å²) >= 11 is 0. The second-order valence-corrected chi connectivity index (χ2v) is 8.59. The Morgan fingerprint density at radius 3 is 2.35 bits per heavy atom. The topological polar surface area (TPSA) is 142 Å². The third-order valence-electron chi connectivity index (χ3n) is 5.76. The average molecular weight is 486 g/mol. The van der Waals surface area contributed by atoms with Crippen molar-refractivity contribution < 1.29 is 14.7 Å². The molecule has 0 aliphatic heterocycles. The average Bonchev–Trinajstić information content (AvgIpc) is 2.76. The highest BCUT2D eigenvalue weighted by atomic mass is 35.5. The van der Waals surface area contributed by atoms with E-state index in [1.165, 1.54) is 16.5 Å². The van der Waals surface area contributed by atoms with Gasteiger partial charge < -0.3 is 20.3 Å². The molecule has 0 bridgehead atoms. The van der Waals surface area contributed by atoms with Crippen molar-refractivity contribution >= 4 is 41.2 Å². The molecule has 0 saturated heterocycles. The van der Waals surface area contributed by atoms with Gasteiger partial charge in [0.1, 0.15) is 18.1 Å². The molecule has 9 nitrogen and oxygen atoms in total. The molecule has 2 aromatic carbocycles. The predicted molar refractivity (Wildman–Crippen MR) is 133 cm³/mol. The van der Waals surface area contributed by atoms with Crippen molar-refractivity contribution in [3.63, 3.8) is 0 Å². The molecule has 3 rings (SSSR count). The van der Waals surface area contributed by atoms with Gasteiger partial charge in [0.2, 0.25) is 5.91 Å². The molecule has 1 heterocycles. The number of halogens is 1. The fourth-order valence-corrected chi connectivity index (χ4v) is 3.77. The molecule has 0 spiro atoms. The first-order valence-electron chi connectivity index (χ1n) is 10.3. The third kappa shape index (κ3) is 5.26. The number of rotatable bonds is 7. The SMILES string of the molecule is CN(CC(=O)O)C(=O)C(C)(C)c1ccc2c(c1)nc(Cc1ccc(C(=N)N)cc1)c(=O)n2C.Cl. The van der Waals surface area contributed by atoms with Gasteiger partial charge in [-0.1, -0.05) is 30.3 Å². The molecule has 0 unspecified atom stereocenters. The highest BCUT2D eigenvalue weighted by molar-refractivity contribution is 5.95. The van der Waals surface area contributed by atoms with E-state index in [0.29, 0.717) is 34.3 Å². The van der Waals surface area contributed by atoms with Gasteiger partial charge in [-0.3, -0.25) is 19.8 Å². The molecular weight excluding hydrogens is 458 g/mol. The number of nitrogens with two attached hydrogens (primary N) is 1. The number of amides is 1. The minimum Gasteiger partial charge on any atom is -0.480 e. The number of nitrogen functional groups attached to an aromatic ring is 1. The summed E-state index contributed by atoms with van der Waals surface area (Å²) in [4.78, 5) is 42.6. The van der Waals surface area contributed by atoms with Crippen molar-refractivity contribution in [3.8, 4) is 0 Å². The maximum absolute atomic E-state index is 12.9. The number of carboxylic acid groups (broad SMARTS) is 1. The first-order valence-corrected chi connectivity index (χ1v) is 10.3. The van der Waals surface area contributed by atoms with E-state index in [0.717, 1.165) is 5.56 Å². The van der Waals surface area contributed by atoms with Crippen LogP contribution in [0, 0.1) is 5.41 Å². The van der Waals surface area contributed by atoms with Crippen LogP contribution >= 0.6 is 12.4 Å². The monoisotopic (exact) mass is 485 g/mol. The molecule has 4 N–H and O–H groups in total. The second-order valence-electron chi connectivity index (χ2n) is 8.59. The van der Waals surface area contributed by atoms with E-state index in [2.05, 4.69) is 4.98 Å². The molecule has 0 fully saturated rings. The molecular formula is C24H28ClN5O4. The molecule has 0 atom stereocenters. The summed E-state index contributed by atoms with van der Waals surface area (Å²) in [5, 5.41) is 16.5. The number of hydrogen-bond donors (Lipinski definition) is 3. The maximum Gasteiger partial charge on any atom is 0.323 e. The van der Waals surface area contributed by atoms with Gasteiger partial charge in [-0.05, 0) is 37.1 Å². The van der Waals surface area contributed by atoms with Gasteiger partial charge >= 0.3 is 5.97 Å². The van der Waals surface area contributed by atoms with Gasteiger partial charge in [-0.2, -0.15) is 0 Å². The lowest BCUT2D eigenvalue weighted by molar-refractivity contribution is -0.145. The van der Waals surface area contributed by atoms with Crippen LogP contribution in [0.3, 0.4) is 0 Å². The Balaban J connectivity index is 0.00000408. The quantitative estimate of drug-likeness (QED) is 0.345. The van der Waals surface area contributed by atoms with Crippen molar-refractivity contribution in [1.82, 2.24) is 14.5 Å². The molecule has 180 valence electrons. The predicted octanol–water partition coefficient (Wildman–Crippen LogP) is 2.05. The molecule has 0 saturated carbocycles. The largest absolute Gasteiger partial charge is 0.480 e. The van der Waals surface area contributed by atoms with E-state index in [1.807, 2.05) is 0 Å². The van der Waals surface area contributed by atoms with E-state index < -0.39 is 17.9 Å². The first-order chi connectivity index (χ1) is 15.4. The van der Waals surface area contributed by atoms with Gasteiger partial charge in [-0.25, -0.2) is 4.98 Å². The Labute approximate surface area is 203 Å². The zero-order valence-corrected chi connectivity index (χ0v) is 20.3. The number of benzene rings is 2. The molecule has 10 heteroatoms. The van der Waals surface area contributed by atoms with E-state index in [9.17, 15) is 14.4 Å². The van der Waals surface area contributed by atoms with E-state index in [1.54, 1.807) is 63.4 Å². The number of nitrogens with zero attached hydrogens (tertiary/aromatic N) is 3. The summed E-state index contributed by atoms with van der Waals surface area (Å²) < 4.78 is 1.52. The Morgan fingerprint density at radius 2 is 1.79 bits per heavy atom. The van der Waals surface area contributed by atoms with Crippen LogP contribution in [0.2, 0.25) is 0 Å². The summed E-state index contributed by atoms with van der Waals surface area (Å²) in [7, 11) is 3.13. The molecule has 0 radical (unpaired) electrons. The molecule has 1 amide bonds. The molecule has 3 aromatic rings. The van der Waals surface area contributed by atoms with Crippen LogP contribution in [0.25, 0.3) is 11.0 Å². The van der Waals surface area contributed by atoms with Crippen molar-refractivity contribution in [2.24, 2.45) is 12.8 Å². The number of hydrogen-bond acceptors (Lipinski definition) is 5. The lowest BCUT2D eigenvalue weighted by Gasteiger charge is -2.29. The molecule has 34 heavy (non-hydrogen) atoms. The van der Waals surface area contributed by atoms with Gasteiger partial charge in [0.05, 0.1) is 16.4 Å². The Kier molecular flexibility index (Phi) is 7.84. The zero-order chi connectivity index (χ0) is 24.5. The van der Waals surface area contributed by atoms with E-state index in [4.69, 9.17) is 16.2 Å². The highest BCUT2D eigenvalue weighted by Crippen LogP contribution is 2.28. The van der Waals surface area contributed by atoms with E-state index >= 15 is 0 Å². The normalized spacial score (nSPS) is 11.1. The standard InChI is InChI=1S/C24H27N5O4.ClH/c1-24(2,23(33)28(3)13-20(30)31)16-9-10-19-17(12-16)27-18(22(32)29(19)4)11-14-5-7-15(8-6-14)21(25)26;/h5-10,12H,11,13H2,1-4H3,(H3,25,26)(H,30,31);1H. The number of amidine groups is 1. The smallest absolute Gasteiger partial charge is 0.323 e. The van der Waals surface area contributed by atoms with Crippen LogP contribution in [0.1, 0.15) is 36.2 Å². The van der Waals surface area contributed by atoms with Crippen LogP contribution in [-0.2, 0) is 28.5 Å². The van der Waals surface area contributed by atoms with Crippen molar-refractivity contribution in [1.29, 1.82) is 5.41 Å². The fourth-order valence-electron chi connectivity index (χ4n) is 3.77. The number of carbonyl (C=O) groups is 2. The number of aromatic nitrogens is 2. The number of carboxylic acids is 1. The Hall–Kier alpha value is -3.72. The molecule has 0 aliphatic rings. The van der Waals surface area contributed by atoms with Crippen LogP contribution in [-0.4, -0.2) is 50.9 Å². The Morgan fingerprint density at radius 1 is 1.18 bits per heavy atom. The number of nitrogens with one attached hydrogen (secondary N) is 1. The maximum atomic E-state index is 12.9. The molecule has 0 aliphatic carbocycles. The first kappa shape index (κ1) is 26.5. The summed E-state index contributed by atoms with van der Waals surface area (Å²) in [5.74, 6) is -1.45. The van der Waals surface area contributed by atoms with Gasteiger partial charge in [0, 0.05) is 26.1 Å². The van der Waals surface area contributed by atoms with Crippen LogP contribution in [0.5, 0.6) is 0 Å². The minimum atomic E-state index is -1.09. The highest BCUT2D eigenvalue weighted by Gasteiger charge is 2.33. The molecule has 1 aromatic heterocycles. The summed E-state index contributed by atoms with van der Waals surface area (Å²) in [6.07, 6.45) is 0.300. The van der Waals surface area contributed by atoms with E-state index in [-0.39, 0.29) is 29.7 Å². The number of likely N-dealkylation sites (N-methyl/N-ethyl adjacent to an activating group) is 1. The lowest BCUT2D eigenvalue weighted by Crippen LogP contribution is -2.43.